The minimum absolute atomic E-state index is 0.00549. The zero-order valence-corrected chi connectivity index (χ0v) is 13.2. The lowest BCUT2D eigenvalue weighted by Gasteiger charge is -2.39. The summed E-state index contributed by atoms with van der Waals surface area (Å²) in [7, 11) is 0. The molecule has 3 rings (SSSR count). The van der Waals surface area contributed by atoms with Crippen LogP contribution >= 0.6 is 0 Å². The summed E-state index contributed by atoms with van der Waals surface area (Å²) in [6.45, 7) is 3.72. The Morgan fingerprint density at radius 3 is 2.78 bits per heavy atom. The van der Waals surface area contributed by atoms with E-state index in [1.165, 1.54) is 6.07 Å². The highest BCUT2D eigenvalue weighted by Crippen LogP contribution is 2.22. The van der Waals surface area contributed by atoms with Crippen molar-refractivity contribution >= 4 is 12.0 Å². The van der Waals surface area contributed by atoms with Crippen molar-refractivity contribution in [3.8, 4) is 0 Å². The summed E-state index contributed by atoms with van der Waals surface area (Å²) in [5, 5.41) is 9.07. The molecule has 1 aromatic rings. The fraction of sp³-hybridized carbons (Fsp3) is 0.562. The monoisotopic (exact) mass is 319 g/mol. The van der Waals surface area contributed by atoms with Gasteiger partial charge in [0.25, 0.3) is 5.56 Å². The number of H-pyrrole nitrogens is 1. The molecule has 0 saturated carbocycles. The van der Waals surface area contributed by atoms with Crippen LogP contribution in [-0.2, 0) is 13.0 Å². The van der Waals surface area contributed by atoms with Crippen LogP contribution in [-0.4, -0.2) is 51.0 Å². The van der Waals surface area contributed by atoms with Crippen molar-refractivity contribution in [2.45, 2.75) is 45.2 Å². The van der Waals surface area contributed by atoms with Crippen molar-refractivity contribution in [1.29, 1.82) is 0 Å². The molecule has 1 fully saturated rings. The fourth-order valence-corrected chi connectivity index (χ4v) is 3.39. The Morgan fingerprint density at radius 2 is 2.09 bits per heavy atom. The van der Waals surface area contributed by atoms with Gasteiger partial charge in [0.05, 0.1) is 0 Å². The fourth-order valence-electron chi connectivity index (χ4n) is 3.39. The third-order valence-electron chi connectivity index (χ3n) is 4.76. The van der Waals surface area contributed by atoms with E-state index < -0.39 is 11.5 Å². The molecule has 1 saturated heterocycles. The smallest absolute Gasteiger partial charge is 0.341 e. The molecule has 2 amide bonds. The van der Waals surface area contributed by atoms with Crippen LogP contribution in [0.5, 0.6) is 0 Å². The first-order valence-corrected chi connectivity index (χ1v) is 8.01. The van der Waals surface area contributed by atoms with Crippen LogP contribution in [0.25, 0.3) is 0 Å². The second-order valence-electron chi connectivity index (χ2n) is 6.31. The molecule has 0 aromatic carbocycles. The largest absolute Gasteiger partial charge is 0.477 e. The molecular formula is C16H21N3O4. The molecule has 2 N–H and O–H groups in total. The van der Waals surface area contributed by atoms with Gasteiger partial charge in [-0.25, -0.2) is 9.59 Å². The molecule has 7 nitrogen and oxygen atoms in total. The van der Waals surface area contributed by atoms with Crippen molar-refractivity contribution in [3.63, 3.8) is 0 Å². The summed E-state index contributed by atoms with van der Waals surface area (Å²) in [5.41, 5.74) is 0.590. The number of likely N-dealkylation sites (tertiary alicyclic amines) is 1. The van der Waals surface area contributed by atoms with Gasteiger partial charge in [0.1, 0.15) is 5.56 Å². The number of urea groups is 1. The van der Waals surface area contributed by atoms with Gasteiger partial charge >= 0.3 is 12.0 Å². The highest BCUT2D eigenvalue weighted by molar-refractivity contribution is 5.87. The highest BCUT2D eigenvalue weighted by atomic mass is 16.4. The number of carbonyl (C=O) groups is 2. The number of nitrogens with one attached hydrogen (secondary N) is 1. The summed E-state index contributed by atoms with van der Waals surface area (Å²) >= 11 is 0. The zero-order valence-electron chi connectivity index (χ0n) is 13.2. The van der Waals surface area contributed by atoms with Crippen LogP contribution < -0.4 is 5.56 Å². The molecule has 23 heavy (non-hydrogen) atoms. The SMILES string of the molecule is CC1CCCCN1C(=O)N1CCc2[nH]c(=O)c(C(=O)O)cc2C1. The van der Waals surface area contributed by atoms with Gasteiger partial charge in [-0.1, -0.05) is 0 Å². The first kappa shape index (κ1) is 15.6. The molecule has 124 valence electrons. The Balaban J connectivity index is 1.82. The molecule has 0 bridgehead atoms. The van der Waals surface area contributed by atoms with Gasteiger partial charge in [-0.05, 0) is 37.8 Å². The van der Waals surface area contributed by atoms with Crippen LogP contribution in [0.4, 0.5) is 4.79 Å². The standard InChI is InChI=1S/C16H21N3O4/c1-10-4-2-3-6-19(10)16(23)18-7-5-13-11(9-18)8-12(15(21)22)14(20)17-13/h8,10H,2-7,9H2,1H3,(H,17,20)(H,21,22). The second kappa shape index (κ2) is 6.06. The minimum atomic E-state index is -1.25. The Morgan fingerprint density at radius 1 is 1.30 bits per heavy atom. The predicted octanol–water partition coefficient (Wildman–Crippen LogP) is 1.43. The molecule has 1 aromatic heterocycles. The van der Waals surface area contributed by atoms with Crippen LogP contribution in [0, 0.1) is 0 Å². The molecule has 0 aliphatic carbocycles. The van der Waals surface area contributed by atoms with Gasteiger partial charge in [0, 0.05) is 37.8 Å². The van der Waals surface area contributed by atoms with Gasteiger partial charge in [-0.3, -0.25) is 4.79 Å². The molecule has 2 aliphatic rings. The number of carboxylic acids is 1. The normalized spacial score (nSPS) is 21.0. The van der Waals surface area contributed by atoms with Gasteiger partial charge in [0.2, 0.25) is 0 Å². The van der Waals surface area contributed by atoms with Crippen LogP contribution in [0.1, 0.15) is 47.8 Å². The maximum Gasteiger partial charge on any atom is 0.341 e. The third-order valence-corrected chi connectivity index (χ3v) is 4.76. The van der Waals surface area contributed by atoms with Crippen molar-refractivity contribution in [1.82, 2.24) is 14.8 Å². The van der Waals surface area contributed by atoms with Crippen LogP contribution in [0.15, 0.2) is 10.9 Å². The molecule has 2 aliphatic heterocycles. The highest BCUT2D eigenvalue weighted by Gasteiger charge is 2.30. The molecule has 0 spiro atoms. The number of hydrogen-bond acceptors (Lipinski definition) is 3. The Labute approximate surface area is 133 Å². The zero-order chi connectivity index (χ0) is 16.6. The summed E-state index contributed by atoms with van der Waals surface area (Å²) < 4.78 is 0. The van der Waals surface area contributed by atoms with Crippen molar-refractivity contribution in [2.24, 2.45) is 0 Å². The number of amides is 2. The van der Waals surface area contributed by atoms with E-state index in [-0.39, 0.29) is 17.6 Å². The summed E-state index contributed by atoms with van der Waals surface area (Å²) in [6.07, 6.45) is 3.74. The minimum Gasteiger partial charge on any atom is -0.477 e. The number of fused-ring (bicyclic) bond motifs is 1. The van der Waals surface area contributed by atoms with Gasteiger partial charge in [-0.15, -0.1) is 0 Å². The average Bonchev–Trinajstić information content (AvgIpc) is 2.53. The van der Waals surface area contributed by atoms with Crippen LogP contribution in [0.2, 0.25) is 0 Å². The number of pyridine rings is 1. The maximum absolute atomic E-state index is 12.7. The van der Waals surface area contributed by atoms with E-state index in [0.717, 1.165) is 31.5 Å². The quantitative estimate of drug-likeness (QED) is 0.818. The molecule has 1 unspecified atom stereocenters. The molecule has 0 radical (unpaired) electrons. The van der Waals surface area contributed by atoms with Gasteiger partial charge in [-0.2, -0.15) is 0 Å². The predicted molar refractivity (Wildman–Crippen MR) is 83.6 cm³/mol. The maximum atomic E-state index is 12.7. The topological polar surface area (TPSA) is 93.7 Å². The van der Waals surface area contributed by atoms with Crippen molar-refractivity contribution in [3.05, 3.63) is 33.2 Å². The molecule has 7 heteroatoms. The number of aromatic nitrogens is 1. The van der Waals surface area contributed by atoms with E-state index in [2.05, 4.69) is 11.9 Å². The lowest BCUT2D eigenvalue weighted by atomic mass is 10.0. The summed E-state index contributed by atoms with van der Waals surface area (Å²) in [4.78, 5) is 41.8. The number of rotatable bonds is 1. The van der Waals surface area contributed by atoms with E-state index in [4.69, 9.17) is 5.11 Å². The van der Waals surface area contributed by atoms with Crippen molar-refractivity contribution in [2.75, 3.05) is 13.1 Å². The number of carbonyl (C=O) groups excluding carboxylic acids is 1. The summed E-state index contributed by atoms with van der Waals surface area (Å²) in [5.74, 6) is -1.25. The molecular weight excluding hydrogens is 298 g/mol. The number of aromatic carboxylic acids is 1. The van der Waals surface area contributed by atoms with Gasteiger partial charge in [0.15, 0.2) is 0 Å². The van der Waals surface area contributed by atoms with E-state index >= 15 is 0 Å². The van der Waals surface area contributed by atoms with Gasteiger partial charge < -0.3 is 19.9 Å². The lowest BCUT2D eigenvalue weighted by Crippen LogP contribution is -2.50. The number of hydrogen-bond donors (Lipinski definition) is 2. The lowest BCUT2D eigenvalue weighted by molar-refractivity contribution is 0.0694. The Kier molecular flexibility index (Phi) is 4.11. The first-order valence-electron chi connectivity index (χ1n) is 8.01. The third kappa shape index (κ3) is 2.95. The van der Waals surface area contributed by atoms with E-state index in [1.807, 2.05) is 4.90 Å². The molecule has 1 atom stereocenters. The summed E-state index contributed by atoms with van der Waals surface area (Å²) in [6, 6.07) is 1.64. The van der Waals surface area contributed by atoms with Crippen LogP contribution in [0.3, 0.4) is 0 Å². The van der Waals surface area contributed by atoms with E-state index in [0.29, 0.717) is 25.1 Å². The van der Waals surface area contributed by atoms with E-state index in [1.54, 1.807) is 4.90 Å². The number of aromatic amines is 1. The first-order chi connectivity index (χ1) is 11.0. The number of carboxylic acid groups (broad SMARTS) is 1. The Bertz CT molecular complexity index is 697. The number of nitrogens with zero attached hydrogens (tertiary/aromatic N) is 2. The molecule has 3 heterocycles. The Hall–Kier alpha value is -2.31. The number of piperidine rings is 1. The second-order valence-corrected chi connectivity index (χ2v) is 6.31. The van der Waals surface area contributed by atoms with E-state index in [9.17, 15) is 14.4 Å². The van der Waals surface area contributed by atoms with Crippen molar-refractivity contribution < 1.29 is 14.7 Å². The average molecular weight is 319 g/mol.